The predicted octanol–water partition coefficient (Wildman–Crippen LogP) is 2.89. The first-order chi connectivity index (χ1) is 15.2. The molecule has 1 aliphatic heterocycles. The summed E-state index contributed by atoms with van der Waals surface area (Å²) in [6.45, 7) is 1.44. The Morgan fingerprint density at radius 2 is 1.87 bits per heavy atom. The third-order valence-corrected chi connectivity index (χ3v) is 7.06. The standard InChI is InChI=1S/C23H25N5O3/c29-20-10-18-12-28(11-17(18)9-19(20)27-8-7-24-13-27)23(30)16-5-1-14(2-6-16)21-25-22(31-26-21)15-3-4-15/h1-2,5-8,13,15,17-20,29H,3-4,9-12H2/t17-,18+,19-,20-/m1/s1. The second-order valence-electron chi connectivity index (χ2n) is 9.15. The van der Waals surface area contributed by atoms with Gasteiger partial charge in [-0.25, -0.2) is 4.98 Å². The van der Waals surface area contributed by atoms with E-state index in [-0.39, 0.29) is 11.9 Å². The molecule has 2 aromatic heterocycles. The molecule has 3 fully saturated rings. The van der Waals surface area contributed by atoms with E-state index in [1.54, 1.807) is 12.5 Å². The lowest BCUT2D eigenvalue weighted by atomic mass is 9.77. The molecule has 6 rings (SSSR count). The Hall–Kier alpha value is -3.00. The molecule has 3 aliphatic rings. The van der Waals surface area contributed by atoms with Crippen molar-refractivity contribution in [3.8, 4) is 11.4 Å². The number of nitrogens with zero attached hydrogens (tertiary/aromatic N) is 5. The smallest absolute Gasteiger partial charge is 0.253 e. The molecule has 0 unspecified atom stereocenters. The molecule has 8 nitrogen and oxygen atoms in total. The third kappa shape index (κ3) is 3.44. The topological polar surface area (TPSA) is 97.3 Å². The quantitative estimate of drug-likeness (QED) is 0.698. The fourth-order valence-corrected chi connectivity index (χ4v) is 5.15. The molecule has 31 heavy (non-hydrogen) atoms. The molecule has 1 aromatic carbocycles. The van der Waals surface area contributed by atoms with Gasteiger partial charge in [-0.1, -0.05) is 17.3 Å². The van der Waals surface area contributed by atoms with Crippen LogP contribution in [0.15, 0.2) is 47.5 Å². The highest BCUT2D eigenvalue weighted by molar-refractivity contribution is 5.94. The van der Waals surface area contributed by atoms with Gasteiger partial charge in [-0.2, -0.15) is 4.98 Å². The fourth-order valence-electron chi connectivity index (χ4n) is 5.15. The molecule has 8 heteroatoms. The number of aliphatic hydroxyl groups excluding tert-OH is 1. The van der Waals surface area contributed by atoms with Gasteiger partial charge in [0.25, 0.3) is 5.91 Å². The van der Waals surface area contributed by atoms with Gasteiger partial charge in [-0.3, -0.25) is 4.79 Å². The zero-order valence-corrected chi connectivity index (χ0v) is 17.2. The van der Waals surface area contributed by atoms with Gasteiger partial charge in [0.2, 0.25) is 11.7 Å². The molecule has 0 radical (unpaired) electrons. The number of imidazole rings is 1. The van der Waals surface area contributed by atoms with Crippen molar-refractivity contribution in [1.29, 1.82) is 0 Å². The molecule has 1 N–H and O–H groups in total. The van der Waals surface area contributed by atoms with E-state index >= 15 is 0 Å². The van der Waals surface area contributed by atoms with E-state index in [1.807, 2.05) is 39.9 Å². The van der Waals surface area contributed by atoms with Gasteiger partial charge in [0, 0.05) is 42.5 Å². The molecule has 2 saturated carbocycles. The van der Waals surface area contributed by atoms with Crippen molar-refractivity contribution in [1.82, 2.24) is 24.6 Å². The lowest BCUT2D eigenvalue weighted by Gasteiger charge is -2.35. The summed E-state index contributed by atoms with van der Waals surface area (Å²) in [6, 6.07) is 7.49. The Morgan fingerprint density at radius 1 is 1.10 bits per heavy atom. The van der Waals surface area contributed by atoms with Crippen LogP contribution in [0.4, 0.5) is 0 Å². The van der Waals surface area contributed by atoms with Gasteiger partial charge in [0.15, 0.2) is 0 Å². The summed E-state index contributed by atoms with van der Waals surface area (Å²) in [6.07, 6.45) is 8.84. The van der Waals surface area contributed by atoms with Crippen molar-refractivity contribution in [2.75, 3.05) is 13.1 Å². The molecule has 0 bridgehead atoms. The van der Waals surface area contributed by atoms with E-state index in [0.29, 0.717) is 41.6 Å². The Bertz CT molecular complexity index is 1070. The number of aliphatic hydroxyl groups is 1. The third-order valence-electron chi connectivity index (χ3n) is 7.06. The number of carbonyl (C=O) groups excluding carboxylic acids is 1. The van der Waals surface area contributed by atoms with Crippen LogP contribution in [0.5, 0.6) is 0 Å². The van der Waals surface area contributed by atoms with Crippen molar-refractivity contribution >= 4 is 5.91 Å². The summed E-state index contributed by atoms with van der Waals surface area (Å²) in [5.74, 6) is 2.50. The molecule has 4 atom stereocenters. The summed E-state index contributed by atoms with van der Waals surface area (Å²) in [4.78, 5) is 23.7. The predicted molar refractivity (Wildman–Crippen MR) is 111 cm³/mol. The van der Waals surface area contributed by atoms with Gasteiger partial charge in [-0.05, 0) is 49.7 Å². The number of rotatable bonds is 4. The Kier molecular flexibility index (Phi) is 4.41. The van der Waals surface area contributed by atoms with Gasteiger partial charge >= 0.3 is 0 Å². The molecule has 3 aromatic rings. The van der Waals surface area contributed by atoms with Crippen LogP contribution in [0.3, 0.4) is 0 Å². The van der Waals surface area contributed by atoms with E-state index < -0.39 is 6.10 Å². The van der Waals surface area contributed by atoms with Gasteiger partial charge in [-0.15, -0.1) is 0 Å². The van der Waals surface area contributed by atoms with Crippen LogP contribution in [0.25, 0.3) is 11.4 Å². The zero-order valence-electron chi connectivity index (χ0n) is 17.2. The number of fused-ring (bicyclic) bond motifs is 1. The minimum atomic E-state index is -0.403. The fraction of sp³-hybridized carbons (Fsp3) is 0.478. The normalized spacial score (nSPS) is 28.0. The first-order valence-corrected chi connectivity index (χ1v) is 11.0. The molecule has 160 valence electrons. The highest BCUT2D eigenvalue weighted by Crippen LogP contribution is 2.42. The minimum absolute atomic E-state index is 0.0357. The van der Waals surface area contributed by atoms with Gasteiger partial charge < -0.3 is 19.1 Å². The van der Waals surface area contributed by atoms with Crippen LogP contribution in [-0.4, -0.2) is 54.8 Å². The van der Waals surface area contributed by atoms with Crippen LogP contribution < -0.4 is 0 Å². The first kappa shape index (κ1) is 18.7. The first-order valence-electron chi connectivity index (χ1n) is 11.0. The van der Waals surface area contributed by atoms with E-state index in [0.717, 1.165) is 37.8 Å². The Balaban J connectivity index is 1.14. The van der Waals surface area contributed by atoms with Gasteiger partial charge in [0.05, 0.1) is 18.5 Å². The van der Waals surface area contributed by atoms with Crippen molar-refractivity contribution in [2.45, 2.75) is 43.7 Å². The molecule has 1 amide bonds. The van der Waals surface area contributed by atoms with Crippen LogP contribution in [0.1, 0.15) is 53.9 Å². The number of benzene rings is 1. The van der Waals surface area contributed by atoms with E-state index in [2.05, 4.69) is 15.1 Å². The summed E-state index contributed by atoms with van der Waals surface area (Å²) in [5.41, 5.74) is 1.52. The Morgan fingerprint density at radius 3 is 2.58 bits per heavy atom. The SMILES string of the molecule is O=C(c1ccc(-c2noc(C3CC3)n2)cc1)N1C[C@H]2C[C@@H](n3ccnc3)[C@H](O)C[C@H]2C1. The maximum atomic E-state index is 13.1. The average Bonchev–Trinajstić information content (AvgIpc) is 3.19. The van der Waals surface area contributed by atoms with Crippen LogP contribution in [0, 0.1) is 11.8 Å². The molecule has 0 spiro atoms. The number of likely N-dealkylation sites (tertiary alicyclic amines) is 1. The largest absolute Gasteiger partial charge is 0.391 e. The average molecular weight is 419 g/mol. The number of amides is 1. The molecule has 3 heterocycles. The summed E-state index contributed by atoms with van der Waals surface area (Å²) in [5, 5.41) is 14.7. The maximum Gasteiger partial charge on any atom is 0.253 e. The van der Waals surface area contributed by atoms with Crippen LogP contribution >= 0.6 is 0 Å². The van der Waals surface area contributed by atoms with Crippen LogP contribution in [0.2, 0.25) is 0 Å². The van der Waals surface area contributed by atoms with E-state index in [4.69, 9.17) is 4.52 Å². The summed E-state index contributed by atoms with van der Waals surface area (Å²) < 4.78 is 7.33. The number of carbonyl (C=O) groups is 1. The Labute approximate surface area is 179 Å². The zero-order chi connectivity index (χ0) is 20.9. The summed E-state index contributed by atoms with van der Waals surface area (Å²) >= 11 is 0. The van der Waals surface area contributed by atoms with Crippen molar-refractivity contribution in [3.05, 3.63) is 54.4 Å². The highest BCUT2D eigenvalue weighted by Gasteiger charge is 2.43. The minimum Gasteiger partial charge on any atom is -0.391 e. The van der Waals surface area contributed by atoms with Crippen molar-refractivity contribution < 1.29 is 14.4 Å². The summed E-state index contributed by atoms with van der Waals surface area (Å²) in [7, 11) is 0. The highest BCUT2D eigenvalue weighted by atomic mass is 16.5. The maximum absolute atomic E-state index is 13.1. The number of aromatic nitrogens is 4. The van der Waals surface area contributed by atoms with Gasteiger partial charge in [0.1, 0.15) is 0 Å². The lowest BCUT2D eigenvalue weighted by Crippen LogP contribution is -2.35. The number of hydrogen-bond acceptors (Lipinski definition) is 6. The van der Waals surface area contributed by atoms with E-state index in [9.17, 15) is 9.90 Å². The van der Waals surface area contributed by atoms with E-state index in [1.165, 1.54) is 0 Å². The van der Waals surface area contributed by atoms with Crippen LogP contribution in [-0.2, 0) is 0 Å². The molecule has 2 aliphatic carbocycles. The second-order valence-corrected chi connectivity index (χ2v) is 9.15. The monoisotopic (exact) mass is 419 g/mol. The number of hydrogen-bond donors (Lipinski definition) is 1. The van der Waals surface area contributed by atoms with Crippen molar-refractivity contribution in [3.63, 3.8) is 0 Å². The van der Waals surface area contributed by atoms with Crippen molar-refractivity contribution in [2.24, 2.45) is 11.8 Å². The second kappa shape index (κ2) is 7.30. The lowest BCUT2D eigenvalue weighted by molar-refractivity contribution is 0.0357. The molecule has 1 saturated heterocycles. The molecular formula is C23H25N5O3. The molecular weight excluding hydrogens is 394 g/mol.